The summed E-state index contributed by atoms with van der Waals surface area (Å²) in [5, 5.41) is 10.00. The van der Waals surface area contributed by atoms with Crippen LogP contribution in [0.15, 0.2) is 0 Å². The Bertz CT molecular complexity index is 593. The Morgan fingerprint density at radius 3 is 0.818 bits per heavy atom. The fraction of sp³-hybridized carbons (Fsp3) is 0.949. The van der Waals surface area contributed by atoms with Crippen LogP contribution in [0.2, 0.25) is 0 Å². The molecule has 44 heavy (non-hydrogen) atoms. The molecule has 1 N–H and O–H groups in total. The fourth-order valence-corrected chi connectivity index (χ4v) is 5.85. The normalized spacial score (nSPS) is 12.0. The van der Waals surface area contributed by atoms with Crippen molar-refractivity contribution < 1.29 is 24.2 Å². The van der Waals surface area contributed by atoms with E-state index in [0.717, 1.165) is 25.7 Å². The average Bonchev–Trinajstić information content (AvgIpc) is 3.02. The molecule has 0 aliphatic heterocycles. The quantitative estimate of drug-likeness (QED) is 0.0554. The number of unbranched alkanes of at least 4 members (excludes halogenated alkanes) is 28. The molecule has 0 rings (SSSR count). The third-order valence-electron chi connectivity index (χ3n) is 8.84. The van der Waals surface area contributed by atoms with Gasteiger partial charge < -0.3 is 14.6 Å². The first-order chi connectivity index (χ1) is 21.6. The van der Waals surface area contributed by atoms with Gasteiger partial charge in [0.2, 0.25) is 0 Å². The highest BCUT2D eigenvalue weighted by molar-refractivity contribution is 5.69. The topological polar surface area (TPSA) is 72.8 Å². The highest BCUT2D eigenvalue weighted by atomic mass is 16.6. The maximum absolute atomic E-state index is 12.0. The van der Waals surface area contributed by atoms with Gasteiger partial charge in [0.15, 0.2) is 0 Å². The van der Waals surface area contributed by atoms with Crippen LogP contribution in [-0.4, -0.2) is 36.4 Å². The molecule has 0 saturated heterocycles. The molecule has 5 nitrogen and oxygen atoms in total. The lowest BCUT2D eigenvalue weighted by Gasteiger charge is -2.12. The Balaban J connectivity index is 3.37. The van der Waals surface area contributed by atoms with Crippen LogP contribution >= 0.6 is 0 Å². The summed E-state index contributed by atoms with van der Waals surface area (Å²) >= 11 is 0. The average molecular weight is 625 g/mol. The van der Waals surface area contributed by atoms with E-state index in [1.54, 1.807) is 0 Å². The summed E-state index contributed by atoms with van der Waals surface area (Å²) in [5.74, 6) is -0.550. The first-order valence-corrected chi connectivity index (χ1v) is 19.6. The molecule has 262 valence electrons. The third-order valence-corrected chi connectivity index (χ3v) is 8.84. The number of aliphatic hydroxyl groups is 1. The van der Waals surface area contributed by atoms with Crippen LogP contribution in [0, 0.1) is 0 Å². The molecule has 0 radical (unpaired) electrons. The van der Waals surface area contributed by atoms with Gasteiger partial charge in [-0.25, -0.2) is 0 Å². The monoisotopic (exact) mass is 625 g/mol. The summed E-state index contributed by atoms with van der Waals surface area (Å²) in [5.41, 5.74) is 0. The van der Waals surface area contributed by atoms with Crippen molar-refractivity contribution in [1.82, 2.24) is 0 Å². The van der Waals surface area contributed by atoms with Crippen LogP contribution in [0.4, 0.5) is 0 Å². The minimum absolute atomic E-state index is 0.107. The van der Waals surface area contributed by atoms with E-state index in [4.69, 9.17) is 9.47 Å². The Morgan fingerprint density at radius 2 is 0.591 bits per heavy atom. The van der Waals surface area contributed by atoms with Crippen LogP contribution in [0.5, 0.6) is 0 Å². The van der Waals surface area contributed by atoms with Crippen LogP contribution in [0.1, 0.15) is 219 Å². The van der Waals surface area contributed by atoms with Crippen molar-refractivity contribution in [1.29, 1.82) is 0 Å². The van der Waals surface area contributed by atoms with Crippen molar-refractivity contribution in [3.8, 4) is 0 Å². The third kappa shape index (κ3) is 35.4. The van der Waals surface area contributed by atoms with E-state index in [2.05, 4.69) is 13.8 Å². The summed E-state index contributed by atoms with van der Waals surface area (Å²) in [4.78, 5) is 23.9. The zero-order valence-electron chi connectivity index (χ0n) is 29.7. The molecule has 0 heterocycles. The second kappa shape index (κ2) is 36.4. The summed E-state index contributed by atoms with van der Waals surface area (Å²) in [6.45, 7) is 4.33. The number of carbonyl (C=O) groups is 2. The maximum Gasteiger partial charge on any atom is 0.305 e. The van der Waals surface area contributed by atoms with Gasteiger partial charge in [-0.3, -0.25) is 9.59 Å². The largest absolute Gasteiger partial charge is 0.463 e. The molecule has 0 fully saturated rings. The zero-order valence-corrected chi connectivity index (χ0v) is 29.7. The van der Waals surface area contributed by atoms with Crippen molar-refractivity contribution in [2.24, 2.45) is 0 Å². The van der Waals surface area contributed by atoms with E-state index in [9.17, 15) is 14.7 Å². The van der Waals surface area contributed by atoms with Gasteiger partial charge in [0.1, 0.15) is 19.3 Å². The standard InChI is InChI=1S/C39H76O5/c1-3-5-7-9-11-13-15-17-19-20-22-24-26-28-30-32-34-39(42)44-36-37(40)35-43-38(41)33-31-29-27-25-23-21-18-16-14-12-10-8-6-4-2/h37,40H,3-36H2,1-2H3/t37-/m1/s1. The zero-order chi connectivity index (χ0) is 32.2. The molecular formula is C39H76O5. The van der Waals surface area contributed by atoms with Crippen LogP contribution in [0.3, 0.4) is 0 Å². The number of esters is 2. The smallest absolute Gasteiger partial charge is 0.305 e. The fourth-order valence-electron chi connectivity index (χ4n) is 5.85. The van der Waals surface area contributed by atoms with Gasteiger partial charge in [-0.15, -0.1) is 0 Å². The van der Waals surface area contributed by atoms with Gasteiger partial charge in [0.05, 0.1) is 0 Å². The molecule has 0 spiro atoms. The lowest BCUT2D eigenvalue weighted by Crippen LogP contribution is -2.25. The van der Waals surface area contributed by atoms with Gasteiger partial charge in [-0.2, -0.15) is 0 Å². The predicted molar refractivity (Wildman–Crippen MR) is 187 cm³/mol. The molecule has 0 unspecified atom stereocenters. The number of rotatable bonds is 36. The van der Waals surface area contributed by atoms with Gasteiger partial charge in [0.25, 0.3) is 0 Å². The summed E-state index contributed by atoms with van der Waals surface area (Å²) < 4.78 is 10.3. The number of aliphatic hydroxyl groups excluding tert-OH is 1. The minimum atomic E-state index is -0.954. The highest BCUT2D eigenvalue weighted by Crippen LogP contribution is 2.15. The lowest BCUT2D eigenvalue weighted by atomic mass is 10.0. The van der Waals surface area contributed by atoms with E-state index >= 15 is 0 Å². The SMILES string of the molecule is CCCCCCCCCCCCCCCCCCC(=O)OC[C@H](O)COC(=O)CCCCCCCCCCCCCCCC. The molecule has 0 saturated carbocycles. The summed E-state index contributed by atoms with van der Waals surface area (Å²) in [7, 11) is 0. The molecular weight excluding hydrogens is 548 g/mol. The van der Waals surface area contributed by atoms with Gasteiger partial charge in [0, 0.05) is 12.8 Å². The predicted octanol–water partition coefficient (Wildman–Crippen LogP) is 12.0. The highest BCUT2D eigenvalue weighted by Gasteiger charge is 2.12. The number of ether oxygens (including phenoxy) is 2. The molecule has 0 amide bonds. The molecule has 0 aliphatic carbocycles. The van der Waals surface area contributed by atoms with E-state index in [1.807, 2.05) is 0 Å². The number of hydrogen-bond donors (Lipinski definition) is 1. The number of carbonyl (C=O) groups excluding carboxylic acids is 2. The second-order valence-electron chi connectivity index (χ2n) is 13.4. The first kappa shape index (κ1) is 42.9. The number of hydrogen-bond acceptors (Lipinski definition) is 5. The van der Waals surface area contributed by atoms with Crippen molar-refractivity contribution in [2.45, 2.75) is 225 Å². The molecule has 0 aromatic carbocycles. The van der Waals surface area contributed by atoms with Gasteiger partial charge in [-0.1, -0.05) is 194 Å². The second-order valence-corrected chi connectivity index (χ2v) is 13.4. The van der Waals surface area contributed by atoms with Crippen LogP contribution in [0.25, 0.3) is 0 Å². The van der Waals surface area contributed by atoms with E-state index < -0.39 is 6.10 Å². The van der Waals surface area contributed by atoms with E-state index in [-0.39, 0.29) is 25.2 Å². The Kier molecular flexibility index (Phi) is 35.5. The van der Waals surface area contributed by atoms with E-state index in [1.165, 1.54) is 167 Å². The van der Waals surface area contributed by atoms with Gasteiger partial charge >= 0.3 is 11.9 Å². The summed E-state index contributed by atoms with van der Waals surface area (Å²) in [6, 6.07) is 0. The molecule has 0 aromatic heterocycles. The van der Waals surface area contributed by atoms with Crippen molar-refractivity contribution in [2.75, 3.05) is 13.2 Å². The van der Waals surface area contributed by atoms with Gasteiger partial charge in [-0.05, 0) is 12.8 Å². The van der Waals surface area contributed by atoms with Crippen molar-refractivity contribution >= 4 is 11.9 Å². The molecule has 0 aliphatic rings. The minimum Gasteiger partial charge on any atom is -0.463 e. The molecule has 0 aromatic rings. The Labute approximate surface area is 274 Å². The van der Waals surface area contributed by atoms with Crippen molar-refractivity contribution in [3.63, 3.8) is 0 Å². The van der Waals surface area contributed by atoms with Crippen LogP contribution in [-0.2, 0) is 19.1 Å². The molecule has 1 atom stereocenters. The Hall–Kier alpha value is -1.10. The lowest BCUT2D eigenvalue weighted by molar-refractivity contribution is -0.152. The molecule has 0 bridgehead atoms. The van der Waals surface area contributed by atoms with E-state index in [0.29, 0.717) is 12.8 Å². The maximum atomic E-state index is 12.0. The van der Waals surface area contributed by atoms with Crippen LogP contribution < -0.4 is 0 Å². The van der Waals surface area contributed by atoms with Crippen molar-refractivity contribution in [3.05, 3.63) is 0 Å². The Morgan fingerprint density at radius 1 is 0.386 bits per heavy atom. The first-order valence-electron chi connectivity index (χ1n) is 19.6. The summed E-state index contributed by atoms with van der Waals surface area (Å²) in [6.07, 6.45) is 38.7. The molecule has 5 heteroatoms.